The van der Waals surface area contributed by atoms with Crippen molar-refractivity contribution in [2.24, 2.45) is 21.8 Å². The zero-order valence-electron chi connectivity index (χ0n) is 17.0. The van der Waals surface area contributed by atoms with E-state index in [1.807, 2.05) is 12.1 Å². The fourth-order valence-corrected chi connectivity index (χ4v) is 4.14. The van der Waals surface area contributed by atoms with E-state index in [9.17, 15) is 10.0 Å². The van der Waals surface area contributed by atoms with Crippen LogP contribution in [0.2, 0.25) is 0 Å². The summed E-state index contributed by atoms with van der Waals surface area (Å²) in [4.78, 5) is 12.6. The third kappa shape index (κ3) is 9.31. The summed E-state index contributed by atoms with van der Waals surface area (Å²) in [6, 6.07) is 3.64. The van der Waals surface area contributed by atoms with Crippen LogP contribution in [0, 0.1) is 0 Å². The quantitative estimate of drug-likeness (QED) is 0.0458. The Labute approximate surface area is 193 Å². The molecule has 0 aliphatic rings. The molecule has 1 atom stereocenters. The van der Waals surface area contributed by atoms with Crippen molar-refractivity contribution in [1.29, 1.82) is 0 Å². The lowest BCUT2D eigenvalue weighted by Crippen LogP contribution is -2.47. The van der Waals surface area contributed by atoms with E-state index in [-0.39, 0.29) is 18.3 Å². The number of oxime groups is 1. The lowest BCUT2D eigenvalue weighted by Gasteiger charge is -2.19. The van der Waals surface area contributed by atoms with Crippen LogP contribution in [0.3, 0.4) is 0 Å². The number of nitrogens with zero attached hydrogens (tertiary/aromatic N) is 2. The van der Waals surface area contributed by atoms with Gasteiger partial charge in [0.05, 0.1) is 21.7 Å². The lowest BCUT2D eigenvalue weighted by molar-refractivity contribution is -0.115. The van der Waals surface area contributed by atoms with Gasteiger partial charge >= 0.3 is 0 Å². The van der Waals surface area contributed by atoms with Crippen molar-refractivity contribution in [2.75, 3.05) is 13.2 Å². The molecule has 7 N–H and O–H groups in total. The van der Waals surface area contributed by atoms with E-state index in [0.29, 0.717) is 25.3 Å². The summed E-state index contributed by atoms with van der Waals surface area (Å²) >= 11 is 6.95. The van der Waals surface area contributed by atoms with Crippen LogP contribution in [0.4, 0.5) is 0 Å². The summed E-state index contributed by atoms with van der Waals surface area (Å²) in [7, 11) is 0. The number of nitrogens with one attached hydrogen (secondary N) is 2. The first-order valence-electron chi connectivity index (χ1n) is 9.77. The van der Waals surface area contributed by atoms with Gasteiger partial charge in [-0.25, -0.2) is 0 Å². The van der Waals surface area contributed by atoms with E-state index in [1.54, 1.807) is 0 Å². The molecule has 9 nitrogen and oxygen atoms in total. The highest BCUT2D eigenvalue weighted by molar-refractivity contribution is 9.11. The topological polar surface area (TPSA) is 147 Å². The Morgan fingerprint density at radius 2 is 2.00 bits per heavy atom. The number of amides is 1. The van der Waals surface area contributed by atoms with Crippen LogP contribution < -0.4 is 26.9 Å². The minimum atomic E-state index is -0.479. The number of nitrogens with two attached hydrogens (primary N) is 2. The van der Waals surface area contributed by atoms with Gasteiger partial charge in [0.25, 0.3) is 5.91 Å². The largest absolute Gasteiger partial charge is 0.491 e. The number of benzene rings is 1. The number of hydrogen-bond donors (Lipinski definition) is 5. The van der Waals surface area contributed by atoms with Gasteiger partial charge in [-0.1, -0.05) is 24.9 Å². The Bertz CT molecular complexity index is 707. The van der Waals surface area contributed by atoms with Crippen molar-refractivity contribution in [1.82, 2.24) is 10.6 Å². The van der Waals surface area contributed by atoms with Crippen molar-refractivity contribution in [3.63, 3.8) is 0 Å². The van der Waals surface area contributed by atoms with Gasteiger partial charge in [0.15, 0.2) is 0 Å². The van der Waals surface area contributed by atoms with E-state index in [0.717, 1.165) is 40.2 Å². The van der Waals surface area contributed by atoms with E-state index in [2.05, 4.69) is 59.7 Å². The minimum Gasteiger partial charge on any atom is -0.491 e. The number of halogens is 2. The molecule has 30 heavy (non-hydrogen) atoms. The second-order valence-electron chi connectivity index (χ2n) is 6.57. The van der Waals surface area contributed by atoms with Gasteiger partial charge < -0.3 is 32.2 Å². The molecule has 1 amide bonds. The van der Waals surface area contributed by atoms with Gasteiger partial charge in [0.1, 0.15) is 17.8 Å². The zero-order valence-corrected chi connectivity index (χ0v) is 20.2. The van der Waals surface area contributed by atoms with E-state index in [4.69, 9.17) is 16.3 Å². The van der Waals surface area contributed by atoms with Gasteiger partial charge in [-0.05, 0) is 75.4 Å². The standard InChI is InChI=1S/C19H30Br2N6O3/c1-2-3-4-6-17(24-12-25-23)26-19(28)16(27-29)11-13-9-14(20)18(15(21)10-13)30-8-5-7-22/h9-10,12,17,29H,2-8,11,22-23H2,1H3,(H,24,25)(H,26,28). The predicted molar refractivity (Wildman–Crippen MR) is 126 cm³/mol. The second kappa shape index (κ2) is 15.0. The third-order valence-corrected chi connectivity index (χ3v) is 5.34. The summed E-state index contributed by atoms with van der Waals surface area (Å²) < 4.78 is 7.16. The van der Waals surface area contributed by atoms with Gasteiger partial charge in [-0.15, -0.1) is 0 Å². The smallest absolute Gasteiger partial charge is 0.271 e. The van der Waals surface area contributed by atoms with Crippen LogP contribution in [0.25, 0.3) is 0 Å². The van der Waals surface area contributed by atoms with Crippen LogP contribution in [-0.2, 0) is 11.2 Å². The fourth-order valence-electron chi connectivity index (χ4n) is 2.63. The maximum atomic E-state index is 12.6. The van der Waals surface area contributed by atoms with Crippen molar-refractivity contribution >= 4 is 49.8 Å². The number of hydrazone groups is 1. The number of rotatable bonds is 14. The third-order valence-electron chi connectivity index (χ3n) is 4.16. The number of ether oxygens (including phenoxy) is 1. The lowest BCUT2D eigenvalue weighted by atomic mass is 10.1. The molecule has 0 fully saturated rings. The summed E-state index contributed by atoms with van der Waals surface area (Å²) in [6.45, 7) is 3.14. The highest BCUT2D eigenvalue weighted by atomic mass is 79.9. The van der Waals surface area contributed by atoms with E-state index < -0.39 is 5.91 Å². The summed E-state index contributed by atoms with van der Waals surface area (Å²) in [5.74, 6) is 5.31. The Morgan fingerprint density at radius 1 is 1.30 bits per heavy atom. The molecule has 168 valence electrons. The molecular weight excluding hydrogens is 520 g/mol. The minimum absolute atomic E-state index is 0.0161. The maximum absolute atomic E-state index is 12.6. The Morgan fingerprint density at radius 3 is 2.57 bits per heavy atom. The normalized spacial score (nSPS) is 12.7. The highest BCUT2D eigenvalue weighted by Crippen LogP contribution is 2.35. The second-order valence-corrected chi connectivity index (χ2v) is 8.28. The monoisotopic (exact) mass is 548 g/mol. The Balaban J connectivity index is 2.82. The van der Waals surface area contributed by atoms with E-state index in [1.165, 1.54) is 6.34 Å². The first-order chi connectivity index (χ1) is 14.5. The van der Waals surface area contributed by atoms with Crippen LogP contribution in [0.15, 0.2) is 31.3 Å². The molecule has 0 spiro atoms. The average Bonchev–Trinajstić information content (AvgIpc) is 2.72. The van der Waals surface area contributed by atoms with Gasteiger partial charge in [-0.2, -0.15) is 5.10 Å². The van der Waals surface area contributed by atoms with Crippen molar-refractivity contribution in [3.8, 4) is 5.75 Å². The summed E-state index contributed by atoms with van der Waals surface area (Å²) in [5, 5.41) is 21.7. The molecule has 0 bridgehead atoms. The number of carbonyl (C=O) groups excluding carboxylic acids is 1. The molecule has 0 radical (unpaired) electrons. The van der Waals surface area contributed by atoms with Gasteiger partial charge in [0.2, 0.25) is 0 Å². The molecule has 0 heterocycles. The SMILES string of the molecule is CCCCCC(NC=NN)NC(=O)C(Cc1cc(Br)c(OCCCN)c(Br)c1)=NO. The predicted octanol–water partition coefficient (Wildman–Crippen LogP) is 2.83. The summed E-state index contributed by atoms with van der Waals surface area (Å²) in [5.41, 5.74) is 6.24. The molecule has 1 unspecified atom stereocenters. The number of unbranched alkanes of at least 4 members (excludes halogenated alkanes) is 2. The van der Waals surface area contributed by atoms with Crippen molar-refractivity contribution < 1.29 is 14.7 Å². The van der Waals surface area contributed by atoms with Crippen LogP contribution in [-0.4, -0.2) is 42.5 Å². The van der Waals surface area contributed by atoms with Crippen LogP contribution in [0.5, 0.6) is 5.75 Å². The van der Waals surface area contributed by atoms with Crippen LogP contribution >= 0.6 is 31.9 Å². The molecule has 0 aliphatic heterocycles. The number of hydrogen-bond acceptors (Lipinski definition) is 7. The molecule has 0 aliphatic carbocycles. The number of carbonyl (C=O) groups is 1. The molecule has 1 aromatic carbocycles. The van der Waals surface area contributed by atoms with Gasteiger partial charge in [-0.3, -0.25) is 4.79 Å². The molecule has 0 saturated carbocycles. The maximum Gasteiger partial charge on any atom is 0.271 e. The molecule has 11 heteroatoms. The zero-order chi connectivity index (χ0) is 22.4. The fraction of sp³-hybridized carbons (Fsp3) is 0.526. The summed E-state index contributed by atoms with van der Waals surface area (Å²) in [6.07, 6.45) is 5.54. The molecule has 0 aromatic heterocycles. The van der Waals surface area contributed by atoms with Gasteiger partial charge in [0, 0.05) is 6.42 Å². The van der Waals surface area contributed by atoms with E-state index >= 15 is 0 Å². The van der Waals surface area contributed by atoms with Crippen LogP contribution in [0.1, 0.15) is 44.6 Å². The Hall–Kier alpha value is -1.85. The molecule has 1 rings (SSSR count). The first-order valence-corrected chi connectivity index (χ1v) is 11.4. The Kier molecular flexibility index (Phi) is 13.1. The first kappa shape index (κ1) is 26.2. The highest BCUT2D eigenvalue weighted by Gasteiger charge is 2.19. The van der Waals surface area contributed by atoms with Crippen molar-refractivity contribution in [3.05, 3.63) is 26.6 Å². The molecular formula is C19H30Br2N6O3. The van der Waals surface area contributed by atoms with Crippen molar-refractivity contribution in [2.45, 2.75) is 51.6 Å². The average molecular weight is 550 g/mol. The molecule has 1 aromatic rings. The molecule has 0 saturated heterocycles.